The highest BCUT2D eigenvalue weighted by molar-refractivity contribution is 7.92. The first-order valence-corrected chi connectivity index (χ1v) is 12.4. The van der Waals surface area contributed by atoms with Gasteiger partial charge in [0.15, 0.2) is 0 Å². The largest absolute Gasteiger partial charge is 0.339 e. The quantitative estimate of drug-likeness (QED) is 0.518. The van der Waals surface area contributed by atoms with Crippen LogP contribution in [0.1, 0.15) is 34.7 Å². The molecule has 0 unspecified atom stereocenters. The Labute approximate surface area is 194 Å². The standard InChI is InChI=1S/C25H25ClN2O3S/c1-27(23-11-6-10-22(26)18-23)32(30,31)24-12-5-9-21(17-24)25(29)28-15-13-20(14-16-28)19-7-3-2-4-8-19/h2-12,17-18,20H,13-16H2,1H3. The number of piperidine rings is 1. The lowest BCUT2D eigenvalue weighted by molar-refractivity contribution is 0.0712. The molecule has 0 spiro atoms. The Morgan fingerprint density at radius 2 is 1.62 bits per heavy atom. The number of hydrogen-bond acceptors (Lipinski definition) is 3. The smallest absolute Gasteiger partial charge is 0.264 e. The van der Waals surface area contributed by atoms with Crippen LogP contribution in [-0.2, 0) is 10.0 Å². The summed E-state index contributed by atoms with van der Waals surface area (Å²) in [5.74, 6) is 0.303. The van der Waals surface area contributed by atoms with E-state index >= 15 is 0 Å². The van der Waals surface area contributed by atoms with E-state index in [1.54, 1.807) is 36.4 Å². The van der Waals surface area contributed by atoms with Crippen molar-refractivity contribution in [2.75, 3.05) is 24.4 Å². The number of hydrogen-bond donors (Lipinski definition) is 0. The predicted octanol–water partition coefficient (Wildman–Crippen LogP) is 5.18. The van der Waals surface area contributed by atoms with Crippen LogP contribution in [-0.4, -0.2) is 39.4 Å². The summed E-state index contributed by atoms with van der Waals surface area (Å²) in [5, 5.41) is 0.451. The van der Waals surface area contributed by atoms with E-state index in [1.807, 2.05) is 23.1 Å². The zero-order valence-corrected chi connectivity index (χ0v) is 19.4. The van der Waals surface area contributed by atoms with Crippen molar-refractivity contribution in [1.82, 2.24) is 4.90 Å². The number of carbonyl (C=O) groups excluding carboxylic acids is 1. The van der Waals surface area contributed by atoms with E-state index in [1.165, 1.54) is 29.0 Å². The lowest BCUT2D eigenvalue weighted by atomic mass is 9.89. The Morgan fingerprint density at radius 1 is 0.938 bits per heavy atom. The highest BCUT2D eigenvalue weighted by Crippen LogP contribution is 2.29. The zero-order chi connectivity index (χ0) is 22.7. The molecular weight excluding hydrogens is 444 g/mol. The van der Waals surface area contributed by atoms with E-state index in [0.717, 1.165) is 12.8 Å². The van der Waals surface area contributed by atoms with Gasteiger partial charge >= 0.3 is 0 Å². The number of likely N-dealkylation sites (tertiary alicyclic amines) is 1. The van der Waals surface area contributed by atoms with Crippen molar-refractivity contribution < 1.29 is 13.2 Å². The number of rotatable bonds is 5. The van der Waals surface area contributed by atoms with E-state index in [2.05, 4.69) is 12.1 Å². The van der Waals surface area contributed by atoms with Gasteiger partial charge in [-0.1, -0.05) is 54.1 Å². The average molecular weight is 469 g/mol. The number of benzene rings is 3. The van der Waals surface area contributed by atoms with E-state index in [9.17, 15) is 13.2 Å². The summed E-state index contributed by atoms with van der Waals surface area (Å²) in [4.78, 5) is 15.0. The second-order valence-electron chi connectivity index (χ2n) is 7.96. The Kier molecular flexibility index (Phi) is 6.53. The third kappa shape index (κ3) is 4.66. The molecule has 1 aliphatic rings. The minimum atomic E-state index is -3.84. The van der Waals surface area contributed by atoms with Gasteiger partial charge in [-0.15, -0.1) is 0 Å². The molecule has 32 heavy (non-hydrogen) atoms. The van der Waals surface area contributed by atoms with Crippen molar-refractivity contribution >= 4 is 33.2 Å². The minimum Gasteiger partial charge on any atom is -0.339 e. The first kappa shape index (κ1) is 22.4. The Balaban J connectivity index is 1.49. The molecule has 7 heteroatoms. The number of sulfonamides is 1. The van der Waals surface area contributed by atoms with Gasteiger partial charge in [0.1, 0.15) is 0 Å². The molecule has 4 rings (SSSR count). The van der Waals surface area contributed by atoms with Crippen LogP contribution in [0.3, 0.4) is 0 Å². The fourth-order valence-corrected chi connectivity index (χ4v) is 5.50. The van der Waals surface area contributed by atoms with Gasteiger partial charge in [-0.3, -0.25) is 9.10 Å². The van der Waals surface area contributed by atoms with E-state index in [-0.39, 0.29) is 10.8 Å². The number of nitrogens with zero attached hydrogens (tertiary/aromatic N) is 2. The summed E-state index contributed by atoms with van der Waals surface area (Å²) in [6.45, 7) is 1.30. The zero-order valence-electron chi connectivity index (χ0n) is 17.8. The number of amides is 1. The van der Waals surface area contributed by atoms with Crippen molar-refractivity contribution in [1.29, 1.82) is 0 Å². The number of carbonyl (C=O) groups is 1. The molecule has 166 valence electrons. The molecule has 0 bridgehead atoms. The fourth-order valence-electron chi connectivity index (χ4n) is 4.08. The normalized spacial score (nSPS) is 14.9. The topological polar surface area (TPSA) is 57.7 Å². The second-order valence-corrected chi connectivity index (χ2v) is 10.4. The molecule has 5 nitrogen and oxygen atoms in total. The Morgan fingerprint density at radius 3 is 2.31 bits per heavy atom. The number of halogens is 1. The molecule has 0 saturated carbocycles. The molecule has 0 atom stereocenters. The summed E-state index contributed by atoms with van der Waals surface area (Å²) in [7, 11) is -2.36. The van der Waals surface area contributed by atoms with Crippen molar-refractivity contribution in [2.24, 2.45) is 0 Å². The maximum atomic E-state index is 13.2. The average Bonchev–Trinajstić information content (AvgIpc) is 2.84. The summed E-state index contributed by atoms with van der Waals surface area (Å²) < 4.78 is 27.5. The van der Waals surface area contributed by atoms with Gasteiger partial charge in [-0.2, -0.15) is 0 Å². The molecule has 1 saturated heterocycles. The van der Waals surface area contributed by atoms with E-state index in [4.69, 9.17) is 11.6 Å². The van der Waals surface area contributed by atoms with Crippen molar-refractivity contribution in [3.8, 4) is 0 Å². The molecule has 0 aromatic heterocycles. The molecule has 1 aliphatic heterocycles. The third-order valence-electron chi connectivity index (χ3n) is 5.96. The van der Waals surface area contributed by atoms with Crippen LogP contribution in [0.25, 0.3) is 0 Å². The highest BCUT2D eigenvalue weighted by atomic mass is 35.5. The van der Waals surface area contributed by atoms with Gasteiger partial charge in [-0.05, 0) is 60.7 Å². The van der Waals surface area contributed by atoms with Crippen molar-refractivity contribution in [3.63, 3.8) is 0 Å². The number of anilines is 1. The second kappa shape index (κ2) is 9.35. The molecule has 0 N–H and O–H groups in total. The first-order valence-electron chi connectivity index (χ1n) is 10.5. The van der Waals surface area contributed by atoms with Crippen LogP contribution in [0.2, 0.25) is 5.02 Å². The summed E-state index contributed by atoms with van der Waals surface area (Å²) in [6, 6.07) is 23.3. The van der Waals surface area contributed by atoms with Crippen LogP contribution >= 0.6 is 11.6 Å². The first-order chi connectivity index (χ1) is 15.4. The Hall–Kier alpha value is -2.83. The maximum Gasteiger partial charge on any atom is 0.264 e. The monoisotopic (exact) mass is 468 g/mol. The van der Waals surface area contributed by atoms with Gasteiger partial charge in [0.05, 0.1) is 10.6 Å². The fraction of sp³-hybridized carbons (Fsp3) is 0.240. The van der Waals surface area contributed by atoms with Gasteiger partial charge in [0.2, 0.25) is 0 Å². The van der Waals surface area contributed by atoms with Gasteiger partial charge < -0.3 is 4.90 Å². The third-order valence-corrected chi connectivity index (χ3v) is 7.98. The molecule has 3 aromatic carbocycles. The molecule has 1 fully saturated rings. The van der Waals surface area contributed by atoms with Gasteiger partial charge in [0.25, 0.3) is 15.9 Å². The summed E-state index contributed by atoms with van der Waals surface area (Å²) in [6.07, 6.45) is 1.79. The maximum absolute atomic E-state index is 13.2. The van der Waals surface area contributed by atoms with Crippen LogP contribution in [0.15, 0.2) is 83.8 Å². The molecule has 1 heterocycles. The molecule has 0 aliphatic carbocycles. The predicted molar refractivity (Wildman–Crippen MR) is 128 cm³/mol. The summed E-state index contributed by atoms with van der Waals surface area (Å²) in [5.41, 5.74) is 2.14. The lowest BCUT2D eigenvalue weighted by Crippen LogP contribution is -2.38. The van der Waals surface area contributed by atoms with Crippen molar-refractivity contribution in [2.45, 2.75) is 23.7 Å². The molecule has 3 aromatic rings. The van der Waals surface area contributed by atoms with Gasteiger partial charge in [0, 0.05) is 30.7 Å². The highest BCUT2D eigenvalue weighted by Gasteiger charge is 2.27. The van der Waals surface area contributed by atoms with E-state index in [0.29, 0.717) is 35.3 Å². The van der Waals surface area contributed by atoms with Crippen LogP contribution in [0, 0.1) is 0 Å². The lowest BCUT2D eigenvalue weighted by Gasteiger charge is -2.32. The molecular formula is C25H25ClN2O3S. The Bertz CT molecular complexity index is 1210. The van der Waals surface area contributed by atoms with Crippen LogP contribution in [0.4, 0.5) is 5.69 Å². The van der Waals surface area contributed by atoms with Gasteiger partial charge in [-0.25, -0.2) is 8.42 Å². The van der Waals surface area contributed by atoms with Crippen molar-refractivity contribution in [3.05, 3.63) is 95.0 Å². The minimum absolute atomic E-state index is 0.0741. The summed E-state index contributed by atoms with van der Waals surface area (Å²) >= 11 is 6.02. The SMILES string of the molecule is CN(c1cccc(Cl)c1)S(=O)(=O)c1cccc(C(=O)N2CCC(c3ccccc3)CC2)c1. The van der Waals surface area contributed by atoms with E-state index < -0.39 is 10.0 Å². The molecule has 0 radical (unpaired) electrons. The van der Waals surface area contributed by atoms with Crippen LogP contribution in [0.5, 0.6) is 0 Å². The van der Waals surface area contributed by atoms with Crippen LogP contribution < -0.4 is 4.31 Å². The molecule has 1 amide bonds.